The van der Waals surface area contributed by atoms with Crippen LogP contribution in [0.4, 0.5) is 11.4 Å². The average molecular weight is 331 g/mol. The molecule has 0 atom stereocenters. The van der Waals surface area contributed by atoms with Crippen molar-refractivity contribution in [1.82, 2.24) is 4.98 Å². The maximum absolute atomic E-state index is 12.8. The van der Waals surface area contributed by atoms with Crippen molar-refractivity contribution in [2.75, 3.05) is 23.3 Å². The molecule has 4 rings (SSSR count). The van der Waals surface area contributed by atoms with Crippen LogP contribution >= 0.6 is 0 Å². The molecule has 2 heterocycles. The zero-order valence-electron chi connectivity index (χ0n) is 14.1. The minimum Gasteiger partial charge on any atom is -0.371 e. The van der Waals surface area contributed by atoms with Crippen molar-refractivity contribution in [3.63, 3.8) is 0 Å². The van der Waals surface area contributed by atoms with Crippen molar-refractivity contribution in [2.24, 2.45) is 0 Å². The molecule has 126 valence electrons. The second-order valence-corrected chi connectivity index (χ2v) is 6.44. The fraction of sp³-hybridized carbons (Fsp3) is 0.238. The monoisotopic (exact) mass is 331 g/mol. The molecule has 4 nitrogen and oxygen atoms in total. The molecule has 1 aliphatic rings. The van der Waals surface area contributed by atoms with E-state index in [-0.39, 0.29) is 5.91 Å². The van der Waals surface area contributed by atoms with Crippen LogP contribution in [0.5, 0.6) is 0 Å². The number of anilines is 2. The smallest absolute Gasteiger partial charge is 0.257 e. The number of piperidine rings is 1. The van der Waals surface area contributed by atoms with Crippen molar-refractivity contribution < 1.29 is 4.79 Å². The largest absolute Gasteiger partial charge is 0.371 e. The number of rotatable bonds is 3. The Balaban J connectivity index is 1.60. The van der Waals surface area contributed by atoms with Crippen LogP contribution < -0.4 is 10.2 Å². The summed E-state index contributed by atoms with van der Waals surface area (Å²) in [4.78, 5) is 19.6. The van der Waals surface area contributed by atoms with E-state index in [4.69, 9.17) is 0 Å². The first-order valence-corrected chi connectivity index (χ1v) is 8.81. The minimum atomic E-state index is -0.0849. The van der Waals surface area contributed by atoms with E-state index in [1.807, 2.05) is 54.6 Å². The molecule has 1 aliphatic heterocycles. The third-order valence-corrected chi connectivity index (χ3v) is 4.69. The summed E-state index contributed by atoms with van der Waals surface area (Å²) in [5, 5.41) is 4.02. The summed E-state index contributed by atoms with van der Waals surface area (Å²) >= 11 is 0. The van der Waals surface area contributed by atoms with Gasteiger partial charge < -0.3 is 10.2 Å². The fourth-order valence-corrected chi connectivity index (χ4v) is 3.41. The highest BCUT2D eigenvalue weighted by molar-refractivity contribution is 6.08. The molecule has 1 amide bonds. The van der Waals surface area contributed by atoms with Gasteiger partial charge in [0.15, 0.2) is 0 Å². The highest BCUT2D eigenvalue weighted by atomic mass is 16.1. The first-order valence-electron chi connectivity index (χ1n) is 8.81. The minimum absolute atomic E-state index is 0.0849. The van der Waals surface area contributed by atoms with Crippen molar-refractivity contribution in [1.29, 1.82) is 0 Å². The summed E-state index contributed by atoms with van der Waals surface area (Å²) in [6.45, 7) is 2.03. The Hall–Kier alpha value is -2.88. The van der Waals surface area contributed by atoms with E-state index in [2.05, 4.69) is 15.2 Å². The van der Waals surface area contributed by atoms with Gasteiger partial charge in [-0.05, 0) is 43.5 Å². The Kier molecular flexibility index (Phi) is 4.34. The number of nitrogens with zero attached hydrogens (tertiary/aromatic N) is 2. The number of hydrogen-bond acceptors (Lipinski definition) is 3. The van der Waals surface area contributed by atoms with Crippen molar-refractivity contribution in [3.8, 4) is 0 Å². The number of carbonyl (C=O) groups is 1. The number of fused-ring (bicyclic) bond motifs is 1. The van der Waals surface area contributed by atoms with Gasteiger partial charge in [-0.1, -0.05) is 30.3 Å². The second-order valence-electron chi connectivity index (χ2n) is 6.44. The molecular formula is C21H21N3O. The van der Waals surface area contributed by atoms with Crippen LogP contribution in [0.2, 0.25) is 0 Å². The molecule has 0 unspecified atom stereocenters. The van der Waals surface area contributed by atoms with Gasteiger partial charge >= 0.3 is 0 Å². The maximum Gasteiger partial charge on any atom is 0.257 e. The van der Waals surface area contributed by atoms with Crippen LogP contribution in [0.15, 0.2) is 60.8 Å². The van der Waals surface area contributed by atoms with Crippen molar-refractivity contribution in [2.45, 2.75) is 19.3 Å². The topological polar surface area (TPSA) is 45.2 Å². The Labute approximate surface area is 147 Å². The molecule has 1 N–H and O–H groups in total. The summed E-state index contributed by atoms with van der Waals surface area (Å²) in [6, 6.07) is 17.7. The highest BCUT2D eigenvalue weighted by Crippen LogP contribution is 2.25. The van der Waals surface area contributed by atoms with Crippen LogP contribution in [0.25, 0.3) is 10.9 Å². The molecule has 0 bridgehead atoms. The molecule has 0 radical (unpaired) electrons. The summed E-state index contributed by atoms with van der Waals surface area (Å²) in [6.07, 6.45) is 5.35. The van der Waals surface area contributed by atoms with Crippen LogP contribution in [0.1, 0.15) is 29.6 Å². The molecule has 2 aromatic carbocycles. The van der Waals surface area contributed by atoms with Gasteiger partial charge in [0.05, 0.1) is 23.0 Å². The van der Waals surface area contributed by atoms with E-state index in [1.165, 1.54) is 19.3 Å². The van der Waals surface area contributed by atoms with E-state index in [1.54, 1.807) is 6.20 Å². The number of nitrogens with one attached hydrogen (secondary N) is 1. The van der Waals surface area contributed by atoms with E-state index in [0.29, 0.717) is 0 Å². The number of aromatic nitrogens is 1. The van der Waals surface area contributed by atoms with E-state index in [0.717, 1.165) is 40.9 Å². The van der Waals surface area contributed by atoms with Gasteiger partial charge in [-0.15, -0.1) is 0 Å². The summed E-state index contributed by atoms with van der Waals surface area (Å²) < 4.78 is 0. The predicted molar refractivity (Wildman–Crippen MR) is 102 cm³/mol. The van der Waals surface area contributed by atoms with E-state index in [9.17, 15) is 4.79 Å². The van der Waals surface area contributed by atoms with Gasteiger partial charge in [0.2, 0.25) is 0 Å². The van der Waals surface area contributed by atoms with Crippen LogP contribution in [0, 0.1) is 0 Å². The lowest BCUT2D eigenvalue weighted by molar-refractivity contribution is 0.102. The fourth-order valence-electron chi connectivity index (χ4n) is 3.41. The number of benzene rings is 2. The molecule has 1 aromatic heterocycles. The number of para-hydroxylation sites is 2. The van der Waals surface area contributed by atoms with Crippen LogP contribution in [-0.2, 0) is 0 Å². The number of pyridine rings is 1. The third kappa shape index (κ3) is 3.33. The zero-order valence-corrected chi connectivity index (χ0v) is 14.1. The quantitative estimate of drug-likeness (QED) is 0.770. The van der Waals surface area contributed by atoms with E-state index >= 15 is 0 Å². The second kappa shape index (κ2) is 6.93. The SMILES string of the molecule is O=C(Nc1cnc2ccccc2c1)c1ccccc1N1CCCCC1. The molecule has 1 saturated heterocycles. The lowest BCUT2D eigenvalue weighted by Crippen LogP contribution is -2.31. The van der Waals surface area contributed by atoms with Gasteiger partial charge in [-0.2, -0.15) is 0 Å². The number of amides is 1. The third-order valence-electron chi connectivity index (χ3n) is 4.69. The lowest BCUT2D eigenvalue weighted by atomic mass is 10.1. The highest BCUT2D eigenvalue weighted by Gasteiger charge is 2.18. The Morgan fingerprint density at radius 2 is 1.72 bits per heavy atom. The number of hydrogen-bond donors (Lipinski definition) is 1. The maximum atomic E-state index is 12.8. The Morgan fingerprint density at radius 3 is 2.60 bits per heavy atom. The molecule has 1 fully saturated rings. The molecule has 25 heavy (non-hydrogen) atoms. The van der Waals surface area contributed by atoms with Crippen LogP contribution in [-0.4, -0.2) is 24.0 Å². The Bertz CT molecular complexity index is 900. The standard InChI is InChI=1S/C21H21N3O/c25-21(23-17-14-16-8-2-4-10-19(16)22-15-17)18-9-3-5-11-20(18)24-12-6-1-7-13-24/h2-5,8-11,14-15H,1,6-7,12-13H2,(H,23,25). The molecular weight excluding hydrogens is 310 g/mol. The zero-order chi connectivity index (χ0) is 17.1. The number of carbonyl (C=O) groups excluding carboxylic acids is 1. The average Bonchev–Trinajstić information content (AvgIpc) is 2.68. The molecule has 3 aromatic rings. The molecule has 4 heteroatoms. The summed E-state index contributed by atoms with van der Waals surface area (Å²) in [5.41, 5.74) is 3.39. The predicted octanol–water partition coefficient (Wildman–Crippen LogP) is 4.48. The molecule has 0 aliphatic carbocycles. The summed E-state index contributed by atoms with van der Waals surface area (Å²) in [7, 11) is 0. The summed E-state index contributed by atoms with van der Waals surface area (Å²) in [5.74, 6) is -0.0849. The van der Waals surface area contributed by atoms with Gasteiger partial charge in [0, 0.05) is 24.2 Å². The van der Waals surface area contributed by atoms with E-state index < -0.39 is 0 Å². The van der Waals surface area contributed by atoms with Gasteiger partial charge in [-0.25, -0.2) is 0 Å². The first-order chi connectivity index (χ1) is 12.3. The lowest BCUT2D eigenvalue weighted by Gasteiger charge is -2.30. The van der Waals surface area contributed by atoms with Gasteiger partial charge in [0.25, 0.3) is 5.91 Å². The molecule has 0 spiro atoms. The van der Waals surface area contributed by atoms with Gasteiger partial charge in [0.1, 0.15) is 0 Å². The van der Waals surface area contributed by atoms with Crippen molar-refractivity contribution in [3.05, 3.63) is 66.4 Å². The first kappa shape index (κ1) is 15.6. The van der Waals surface area contributed by atoms with Crippen LogP contribution in [0.3, 0.4) is 0 Å². The van der Waals surface area contributed by atoms with Crippen molar-refractivity contribution >= 4 is 28.2 Å². The Morgan fingerprint density at radius 1 is 0.960 bits per heavy atom. The normalized spacial score (nSPS) is 14.5. The van der Waals surface area contributed by atoms with Gasteiger partial charge in [-0.3, -0.25) is 9.78 Å². The molecule has 0 saturated carbocycles.